The van der Waals surface area contributed by atoms with Crippen LogP contribution in [0.3, 0.4) is 0 Å². The first-order chi connectivity index (χ1) is 10.9. The summed E-state index contributed by atoms with van der Waals surface area (Å²) in [6.07, 6.45) is -0.566. The zero-order valence-electron chi connectivity index (χ0n) is 13.1. The molecule has 0 fully saturated rings. The van der Waals surface area contributed by atoms with E-state index in [0.29, 0.717) is 10.8 Å². The Bertz CT molecular complexity index is 529. The fourth-order valence-electron chi connectivity index (χ4n) is 1.74. The number of halogens is 2. The molecule has 2 N–H and O–H groups in total. The van der Waals surface area contributed by atoms with E-state index in [4.69, 9.17) is 32.7 Å². The van der Waals surface area contributed by atoms with Gasteiger partial charge in [-0.15, -0.1) is 11.6 Å². The summed E-state index contributed by atoms with van der Waals surface area (Å²) in [7, 11) is 0. The number of nitrogens with one attached hydrogen (secondary N) is 2. The third-order valence-corrected chi connectivity index (χ3v) is 3.56. The Morgan fingerprint density at radius 3 is 2.35 bits per heavy atom. The van der Waals surface area contributed by atoms with Crippen LogP contribution in [-0.4, -0.2) is 44.2 Å². The molecule has 0 unspecified atom stereocenters. The van der Waals surface area contributed by atoms with Crippen LogP contribution in [0.4, 0.5) is 4.79 Å². The van der Waals surface area contributed by atoms with Crippen molar-refractivity contribution >= 4 is 35.2 Å². The quantitative estimate of drug-likeness (QED) is 0.549. The van der Waals surface area contributed by atoms with Gasteiger partial charge in [-0.05, 0) is 37.1 Å². The molecule has 128 valence electrons. The van der Waals surface area contributed by atoms with Crippen molar-refractivity contribution in [1.82, 2.24) is 10.6 Å². The smallest absolute Gasteiger partial charge is 0.407 e. The lowest BCUT2D eigenvalue weighted by Gasteiger charge is -2.10. The Labute approximate surface area is 145 Å². The van der Waals surface area contributed by atoms with Gasteiger partial charge in [0.05, 0.1) is 5.88 Å². The number of alkyl carbamates (subject to hydrolysis) is 1. The van der Waals surface area contributed by atoms with Crippen LogP contribution < -0.4 is 15.4 Å². The highest BCUT2D eigenvalue weighted by molar-refractivity contribution is 6.32. The summed E-state index contributed by atoms with van der Waals surface area (Å²) in [6.45, 7) is 4.31. The van der Waals surface area contributed by atoms with Gasteiger partial charge >= 0.3 is 6.09 Å². The van der Waals surface area contributed by atoms with Gasteiger partial charge in [-0.25, -0.2) is 4.79 Å². The summed E-state index contributed by atoms with van der Waals surface area (Å²) in [5, 5.41) is 5.79. The maximum Gasteiger partial charge on any atom is 0.407 e. The summed E-state index contributed by atoms with van der Waals surface area (Å²) >= 11 is 11.4. The van der Waals surface area contributed by atoms with E-state index < -0.39 is 6.09 Å². The van der Waals surface area contributed by atoms with Crippen LogP contribution in [0.2, 0.25) is 5.02 Å². The van der Waals surface area contributed by atoms with Crippen molar-refractivity contribution in [3.8, 4) is 5.75 Å². The number of hydrogen-bond acceptors (Lipinski definition) is 4. The summed E-state index contributed by atoms with van der Waals surface area (Å²) in [4.78, 5) is 22.8. The number of carbonyl (C=O) groups excluding carboxylic acids is 2. The molecular formula is C15H20Cl2N2O4. The van der Waals surface area contributed by atoms with Crippen LogP contribution in [0.25, 0.3) is 0 Å². The van der Waals surface area contributed by atoms with Gasteiger partial charge in [-0.1, -0.05) is 11.6 Å². The summed E-state index contributed by atoms with van der Waals surface area (Å²) < 4.78 is 10.1. The van der Waals surface area contributed by atoms with Crippen molar-refractivity contribution in [2.45, 2.75) is 13.8 Å². The SMILES string of the molecule is Cc1cc(OCC(=O)NCCNC(=O)OCCCl)cc(C)c1Cl. The number of amides is 2. The molecule has 0 aliphatic heterocycles. The van der Waals surface area contributed by atoms with Gasteiger partial charge in [-0.2, -0.15) is 0 Å². The number of carbonyl (C=O) groups is 2. The molecule has 0 saturated heterocycles. The Morgan fingerprint density at radius 1 is 1.13 bits per heavy atom. The monoisotopic (exact) mass is 362 g/mol. The Morgan fingerprint density at radius 2 is 1.74 bits per heavy atom. The molecule has 0 spiro atoms. The van der Waals surface area contributed by atoms with E-state index in [2.05, 4.69) is 10.6 Å². The molecule has 1 aromatic rings. The summed E-state index contributed by atoms with van der Waals surface area (Å²) in [5.41, 5.74) is 1.78. The number of benzene rings is 1. The van der Waals surface area contributed by atoms with Crippen LogP contribution in [0.1, 0.15) is 11.1 Å². The molecule has 0 radical (unpaired) electrons. The molecule has 8 heteroatoms. The van der Waals surface area contributed by atoms with Crippen molar-refractivity contribution in [2.75, 3.05) is 32.2 Å². The van der Waals surface area contributed by atoms with Gasteiger partial charge in [0.2, 0.25) is 0 Å². The first-order valence-corrected chi connectivity index (χ1v) is 7.98. The molecule has 0 atom stereocenters. The first kappa shape index (κ1) is 19.4. The molecule has 0 heterocycles. The fourth-order valence-corrected chi connectivity index (χ4v) is 1.92. The minimum atomic E-state index is -0.566. The van der Waals surface area contributed by atoms with E-state index in [1.165, 1.54) is 0 Å². The van der Waals surface area contributed by atoms with E-state index in [1.54, 1.807) is 12.1 Å². The largest absolute Gasteiger partial charge is 0.484 e. The van der Waals surface area contributed by atoms with Crippen molar-refractivity contribution in [2.24, 2.45) is 0 Å². The van der Waals surface area contributed by atoms with Crippen LogP contribution in [0.15, 0.2) is 12.1 Å². The van der Waals surface area contributed by atoms with Crippen LogP contribution in [0, 0.1) is 13.8 Å². The zero-order chi connectivity index (χ0) is 17.2. The van der Waals surface area contributed by atoms with Crippen LogP contribution in [0.5, 0.6) is 5.75 Å². The van der Waals surface area contributed by atoms with Gasteiger partial charge in [0.25, 0.3) is 5.91 Å². The highest BCUT2D eigenvalue weighted by Crippen LogP contribution is 2.25. The molecule has 0 aromatic heterocycles. The van der Waals surface area contributed by atoms with Crippen molar-refractivity contribution in [3.05, 3.63) is 28.3 Å². The van der Waals surface area contributed by atoms with Gasteiger partial charge in [0, 0.05) is 18.1 Å². The molecule has 0 aliphatic carbocycles. The van der Waals surface area contributed by atoms with E-state index >= 15 is 0 Å². The third kappa shape index (κ3) is 7.43. The van der Waals surface area contributed by atoms with Gasteiger partial charge in [-0.3, -0.25) is 4.79 Å². The minimum absolute atomic E-state index is 0.114. The van der Waals surface area contributed by atoms with Gasteiger partial charge < -0.3 is 20.1 Å². The lowest BCUT2D eigenvalue weighted by molar-refractivity contribution is -0.123. The number of alkyl halides is 1. The zero-order valence-corrected chi connectivity index (χ0v) is 14.6. The fraction of sp³-hybridized carbons (Fsp3) is 0.467. The van der Waals surface area contributed by atoms with E-state index in [0.717, 1.165) is 11.1 Å². The van der Waals surface area contributed by atoms with Crippen molar-refractivity contribution in [3.63, 3.8) is 0 Å². The second-order valence-electron chi connectivity index (χ2n) is 4.76. The maximum absolute atomic E-state index is 11.6. The number of rotatable bonds is 8. The van der Waals surface area contributed by atoms with Crippen molar-refractivity contribution < 1.29 is 19.1 Å². The number of hydrogen-bond donors (Lipinski definition) is 2. The molecule has 23 heavy (non-hydrogen) atoms. The van der Waals surface area contributed by atoms with E-state index in [9.17, 15) is 9.59 Å². The predicted molar refractivity (Wildman–Crippen MR) is 89.5 cm³/mol. The maximum atomic E-state index is 11.6. The summed E-state index contributed by atoms with van der Waals surface area (Å²) in [6, 6.07) is 3.55. The second kappa shape index (κ2) is 10.2. The lowest BCUT2D eigenvalue weighted by atomic mass is 10.1. The highest BCUT2D eigenvalue weighted by Gasteiger charge is 2.07. The normalized spacial score (nSPS) is 10.1. The minimum Gasteiger partial charge on any atom is -0.484 e. The third-order valence-electron chi connectivity index (χ3n) is 2.81. The molecule has 0 aliphatic rings. The van der Waals surface area contributed by atoms with E-state index in [-0.39, 0.29) is 38.1 Å². The predicted octanol–water partition coefficient (Wildman–Crippen LogP) is 2.42. The van der Waals surface area contributed by atoms with Gasteiger partial charge in [0.1, 0.15) is 12.4 Å². The topological polar surface area (TPSA) is 76.7 Å². The highest BCUT2D eigenvalue weighted by atomic mass is 35.5. The first-order valence-electron chi connectivity index (χ1n) is 7.07. The Hall–Kier alpha value is -1.66. The van der Waals surface area contributed by atoms with Crippen LogP contribution in [-0.2, 0) is 9.53 Å². The average molecular weight is 363 g/mol. The standard InChI is InChI=1S/C15H20Cl2N2O4/c1-10-7-12(8-11(2)14(10)17)23-9-13(20)18-4-5-19-15(21)22-6-3-16/h7-8H,3-6,9H2,1-2H3,(H,18,20)(H,19,21). The molecule has 2 amide bonds. The molecule has 0 saturated carbocycles. The Balaban J connectivity index is 2.23. The van der Waals surface area contributed by atoms with E-state index in [1.807, 2.05) is 13.8 Å². The Kier molecular flexibility index (Phi) is 8.58. The second-order valence-corrected chi connectivity index (χ2v) is 5.52. The molecule has 6 nitrogen and oxygen atoms in total. The average Bonchev–Trinajstić information content (AvgIpc) is 2.52. The van der Waals surface area contributed by atoms with Gasteiger partial charge in [0.15, 0.2) is 6.61 Å². The lowest BCUT2D eigenvalue weighted by Crippen LogP contribution is -2.37. The van der Waals surface area contributed by atoms with Crippen molar-refractivity contribution in [1.29, 1.82) is 0 Å². The molecule has 1 aromatic carbocycles. The number of ether oxygens (including phenoxy) is 2. The number of aryl methyl sites for hydroxylation is 2. The molecule has 0 bridgehead atoms. The van der Waals surface area contributed by atoms with Crippen LogP contribution >= 0.6 is 23.2 Å². The summed E-state index contributed by atoms with van der Waals surface area (Å²) in [5.74, 6) is 0.541. The molecular weight excluding hydrogens is 343 g/mol. The molecule has 1 rings (SSSR count).